The minimum Gasteiger partial charge on any atom is -0.312 e. The monoisotopic (exact) mass is 372 g/mol. The zero-order valence-electron chi connectivity index (χ0n) is 15.2. The molecule has 1 heterocycles. The topological polar surface area (TPSA) is 66.5 Å². The maximum atomic E-state index is 12.6. The van der Waals surface area contributed by atoms with Crippen LogP contribution in [0.3, 0.4) is 0 Å². The number of nitrogens with zero attached hydrogens (tertiary/aromatic N) is 1. The molecule has 0 fully saturated rings. The lowest BCUT2D eigenvalue weighted by Crippen LogP contribution is -2.33. The van der Waals surface area contributed by atoms with Crippen molar-refractivity contribution in [2.75, 3.05) is 18.0 Å². The van der Waals surface area contributed by atoms with Crippen molar-refractivity contribution in [2.45, 2.75) is 38.0 Å². The molecule has 0 radical (unpaired) electrons. The van der Waals surface area contributed by atoms with Crippen molar-refractivity contribution in [1.82, 2.24) is 4.72 Å². The summed E-state index contributed by atoms with van der Waals surface area (Å²) < 4.78 is 27.9. The lowest BCUT2D eigenvalue weighted by atomic mass is 10.0. The first kappa shape index (κ1) is 18.6. The molecule has 0 saturated heterocycles. The summed E-state index contributed by atoms with van der Waals surface area (Å²) in [6, 6.07) is 13.1. The molecule has 0 aliphatic carbocycles. The molecule has 2 aromatic carbocycles. The molecule has 3 rings (SSSR count). The molecule has 26 heavy (non-hydrogen) atoms. The van der Waals surface area contributed by atoms with Crippen molar-refractivity contribution >= 4 is 21.6 Å². The number of nitrogens with one attached hydrogen (secondary N) is 1. The van der Waals surface area contributed by atoms with Gasteiger partial charge in [-0.25, -0.2) is 13.1 Å². The van der Waals surface area contributed by atoms with Crippen LogP contribution in [0.4, 0.5) is 5.69 Å². The van der Waals surface area contributed by atoms with E-state index in [1.807, 2.05) is 25.1 Å². The summed E-state index contributed by atoms with van der Waals surface area (Å²) in [5.74, 6) is -0.0159. The maximum absolute atomic E-state index is 12.6. The van der Waals surface area contributed by atoms with Crippen LogP contribution in [0.1, 0.15) is 30.0 Å². The minimum atomic E-state index is -3.57. The lowest BCUT2D eigenvalue weighted by molar-refractivity contribution is -0.116. The van der Waals surface area contributed by atoms with E-state index in [1.54, 1.807) is 23.1 Å². The Labute approximate surface area is 155 Å². The molecular formula is C20H24N2O3S. The third-order valence-electron chi connectivity index (χ3n) is 4.65. The minimum absolute atomic E-state index is 0.0159. The molecule has 0 unspecified atom stereocenters. The number of carbonyl (C=O) groups excluding carboxylic acids is 1. The van der Waals surface area contributed by atoms with Crippen molar-refractivity contribution in [3.05, 3.63) is 59.2 Å². The largest absolute Gasteiger partial charge is 0.312 e. The van der Waals surface area contributed by atoms with Gasteiger partial charge in [-0.15, -0.1) is 0 Å². The van der Waals surface area contributed by atoms with Gasteiger partial charge in [-0.05, 0) is 55.5 Å². The fourth-order valence-electron chi connectivity index (χ4n) is 3.35. The zero-order valence-corrected chi connectivity index (χ0v) is 16.0. The third-order valence-corrected chi connectivity index (χ3v) is 6.11. The fourth-order valence-corrected chi connectivity index (χ4v) is 4.43. The van der Waals surface area contributed by atoms with Gasteiger partial charge in [0, 0.05) is 25.7 Å². The van der Waals surface area contributed by atoms with Crippen LogP contribution in [-0.2, 0) is 27.7 Å². The molecule has 0 aromatic heterocycles. The van der Waals surface area contributed by atoms with Crippen LogP contribution in [-0.4, -0.2) is 27.4 Å². The van der Waals surface area contributed by atoms with E-state index in [4.69, 9.17) is 0 Å². The summed E-state index contributed by atoms with van der Waals surface area (Å²) in [5, 5.41) is 0. The Balaban J connectivity index is 1.72. The van der Waals surface area contributed by atoms with E-state index in [2.05, 4.69) is 10.8 Å². The summed E-state index contributed by atoms with van der Waals surface area (Å²) in [7, 11) is -3.57. The summed E-state index contributed by atoms with van der Waals surface area (Å²) in [6.45, 7) is 4.59. The third kappa shape index (κ3) is 4.14. The molecule has 2 aromatic rings. The van der Waals surface area contributed by atoms with Gasteiger partial charge >= 0.3 is 0 Å². The first-order chi connectivity index (χ1) is 12.4. The maximum Gasteiger partial charge on any atom is 0.240 e. The van der Waals surface area contributed by atoms with E-state index in [9.17, 15) is 13.2 Å². The van der Waals surface area contributed by atoms with Crippen LogP contribution < -0.4 is 9.62 Å². The normalized spacial score (nSPS) is 14.2. The molecule has 6 heteroatoms. The summed E-state index contributed by atoms with van der Waals surface area (Å²) in [5.41, 5.74) is 4.00. The molecule has 1 N–H and O–H groups in total. The SMILES string of the molecule is CC(=O)N1CCCc2cc(S(=O)(=O)NCCc3cccc(C)c3)ccc21. The Morgan fingerprint density at radius 1 is 1.19 bits per heavy atom. The fraction of sp³-hybridized carbons (Fsp3) is 0.350. The number of benzene rings is 2. The molecule has 0 bridgehead atoms. The Morgan fingerprint density at radius 3 is 2.73 bits per heavy atom. The smallest absolute Gasteiger partial charge is 0.240 e. The second-order valence-electron chi connectivity index (χ2n) is 6.70. The van der Waals surface area contributed by atoms with Gasteiger partial charge in [-0.3, -0.25) is 4.79 Å². The number of hydrogen-bond donors (Lipinski definition) is 1. The van der Waals surface area contributed by atoms with Crippen LogP contribution >= 0.6 is 0 Å². The van der Waals surface area contributed by atoms with Gasteiger partial charge in [0.05, 0.1) is 4.90 Å². The number of sulfonamides is 1. The van der Waals surface area contributed by atoms with Gasteiger partial charge in [0.1, 0.15) is 0 Å². The van der Waals surface area contributed by atoms with Crippen molar-refractivity contribution in [3.8, 4) is 0 Å². The highest BCUT2D eigenvalue weighted by atomic mass is 32.2. The summed E-state index contributed by atoms with van der Waals surface area (Å²) >= 11 is 0. The van der Waals surface area contributed by atoms with Crippen LogP contribution in [0.5, 0.6) is 0 Å². The number of carbonyl (C=O) groups is 1. The van der Waals surface area contributed by atoms with Gasteiger partial charge in [-0.1, -0.05) is 29.8 Å². The Kier molecular flexibility index (Phi) is 5.44. The Hall–Kier alpha value is -2.18. The number of fused-ring (bicyclic) bond motifs is 1. The standard InChI is InChI=1S/C20H24N2O3S/c1-15-5-3-6-17(13-15)10-11-21-26(24,25)19-8-9-20-18(14-19)7-4-12-22(20)16(2)23/h3,5-6,8-9,13-14,21H,4,7,10-12H2,1-2H3. The number of anilines is 1. The van der Waals surface area contributed by atoms with E-state index in [-0.39, 0.29) is 10.8 Å². The summed E-state index contributed by atoms with van der Waals surface area (Å²) in [4.78, 5) is 13.7. The highest BCUT2D eigenvalue weighted by Gasteiger charge is 2.22. The van der Waals surface area contributed by atoms with Gasteiger partial charge in [-0.2, -0.15) is 0 Å². The number of rotatable bonds is 5. The second-order valence-corrected chi connectivity index (χ2v) is 8.47. The first-order valence-corrected chi connectivity index (χ1v) is 10.3. The Bertz CT molecular complexity index is 922. The lowest BCUT2D eigenvalue weighted by Gasteiger charge is -2.28. The highest BCUT2D eigenvalue weighted by molar-refractivity contribution is 7.89. The molecule has 138 valence electrons. The molecule has 1 amide bonds. The molecule has 0 spiro atoms. The molecule has 1 aliphatic heterocycles. The van der Waals surface area contributed by atoms with Gasteiger partial charge < -0.3 is 4.90 Å². The van der Waals surface area contributed by atoms with Gasteiger partial charge in [0.25, 0.3) is 0 Å². The van der Waals surface area contributed by atoms with Crippen molar-refractivity contribution in [3.63, 3.8) is 0 Å². The van der Waals surface area contributed by atoms with Gasteiger partial charge in [0.2, 0.25) is 15.9 Å². The van der Waals surface area contributed by atoms with Crippen molar-refractivity contribution in [2.24, 2.45) is 0 Å². The highest BCUT2D eigenvalue weighted by Crippen LogP contribution is 2.29. The van der Waals surface area contributed by atoms with Crippen molar-refractivity contribution < 1.29 is 13.2 Å². The quantitative estimate of drug-likeness (QED) is 0.878. The molecule has 5 nitrogen and oxygen atoms in total. The molecule has 0 atom stereocenters. The summed E-state index contributed by atoms with van der Waals surface area (Å²) in [6.07, 6.45) is 2.27. The second kappa shape index (κ2) is 7.60. The average molecular weight is 372 g/mol. The van der Waals surface area contributed by atoms with Crippen LogP contribution in [0.25, 0.3) is 0 Å². The molecular weight excluding hydrogens is 348 g/mol. The van der Waals surface area contributed by atoms with E-state index in [0.717, 1.165) is 35.2 Å². The van der Waals surface area contributed by atoms with Crippen molar-refractivity contribution in [1.29, 1.82) is 0 Å². The first-order valence-electron chi connectivity index (χ1n) is 8.83. The average Bonchev–Trinajstić information content (AvgIpc) is 2.60. The van der Waals surface area contributed by atoms with Crippen LogP contribution in [0.2, 0.25) is 0 Å². The predicted molar refractivity (Wildman–Crippen MR) is 103 cm³/mol. The van der Waals surface area contributed by atoms with E-state index < -0.39 is 10.0 Å². The van der Waals surface area contributed by atoms with E-state index in [1.165, 1.54) is 6.92 Å². The predicted octanol–water partition coefficient (Wildman–Crippen LogP) is 2.82. The van der Waals surface area contributed by atoms with Crippen LogP contribution in [0, 0.1) is 6.92 Å². The van der Waals surface area contributed by atoms with E-state index in [0.29, 0.717) is 19.5 Å². The Morgan fingerprint density at radius 2 is 2.00 bits per heavy atom. The number of amides is 1. The van der Waals surface area contributed by atoms with Gasteiger partial charge in [0.15, 0.2) is 0 Å². The number of aryl methyl sites for hydroxylation is 2. The number of hydrogen-bond acceptors (Lipinski definition) is 3. The van der Waals surface area contributed by atoms with Crippen LogP contribution in [0.15, 0.2) is 47.4 Å². The zero-order chi connectivity index (χ0) is 18.7. The molecule has 1 aliphatic rings. The van der Waals surface area contributed by atoms with E-state index >= 15 is 0 Å². The molecule has 0 saturated carbocycles.